The molecule has 1 aliphatic heterocycles. The summed E-state index contributed by atoms with van der Waals surface area (Å²) in [5.41, 5.74) is 1.75. The molecule has 0 saturated heterocycles. The predicted molar refractivity (Wildman–Crippen MR) is 155 cm³/mol. The third-order valence-corrected chi connectivity index (χ3v) is 7.00. The number of oxazole rings is 1. The Morgan fingerprint density at radius 3 is 2.84 bits per heavy atom. The van der Waals surface area contributed by atoms with Crippen LogP contribution in [0.4, 0.5) is 0 Å². The average molecular weight is 607 g/mol. The van der Waals surface area contributed by atoms with Crippen LogP contribution < -0.4 is 24.8 Å². The van der Waals surface area contributed by atoms with Gasteiger partial charge in [-0.25, -0.2) is 4.98 Å². The maximum Gasteiger partial charge on any atom is 0.261 e. The van der Waals surface area contributed by atoms with Crippen LogP contribution in [-0.2, 0) is 20.9 Å². The molecule has 3 amide bonds. The van der Waals surface area contributed by atoms with Crippen LogP contribution in [0.1, 0.15) is 31.7 Å². The normalized spacial score (nSPS) is 16.5. The highest BCUT2D eigenvalue weighted by Gasteiger charge is 2.27. The van der Waals surface area contributed by atoms with E-state index < -0.39 is 17.9 Å². The van der Waals surface area contributed by atoms with Crippen molar-refractivity contribution < 1.29 is 33.0 Å². The Morgan fingerprint density at radius 2 is 2.05 bits per heavy atom. The van der Waals surface area contributed by atoms with Gasteiger partial charge in [0.05, 0.1) is 26.8 Å². The Hall–Kier alpha value is -5.21. The van der Waals surface area contributed by atoms with Gasteiger partial charge in [-0.3, -0.25) is 14.4 Å². The highest BCUT2D eigenvalue weighted by Crippen LogP contribution is 2.33. The molecule has 44 heavy (non-hydrogen) atoms. The van der Waals surface area contributed by atoms with Gasteiger partial charge < -0.3 is 34.2 Å². The number of nitrogens with zero attached hydrogens (tertiary/aromatic N) is 6. The Bertz CT molecular complexity index is 1650. The molecule has 1 atom stereocenters. The molecule has 4 heterocycles. The first-order chi connectivity index (χ1) is 21.2. The van der Waals surface area contributed by atoms with E-state index in [2.05, 4.69) is 30.9 Å². The second-order valence-electron chi connectivity index (χ2n) is 10.5. The molecular weight excluding hydrogens is 572 g/mol. The number of aryl methyl sites for hydroxylation is 1. The molecule has 2 N–H and O–H groups in total. The number of carbonyl (C=O) groups excluding carboxylic acids is 3. The summed E-state index contributed by atoms with van der Waals surface area (Å²) in [4.78, 5) is 45.5. The molecular formula is C29H34N8O7. The monoisotopic (exact) mass is 606 g/mol. The van der Waals surface area contributed by atoms with Crippen molar-refractivity contribution in [2.24, 2.45) is 5.92 Å². The molecule has 4 bridgehead atoms. The summed E-state index contributed by atoms with van der Waals surface area (Å²) >= 11 is 0. The standard InChI is InChI=1S/C29H34N8O7/c1-17(2)27-28(40)30-13-20-18(3)44-29(32-20)19-6-7-21(41-4)22(12-19)42-11-5-10-36(14-24(38)33-27)26(39)15-43-25-9-8-23-34-31-16-37(23)35-25/h6-9,12,16-17,27H,5,10-11,13-15H2,1-4H3,(H,30,40)(H,33,38)/t27-/m0/s1. The first kappa shape index (κ1) is 30.3. The largest absolute Gasteiger partial charge is 0.493 e. The number of ether oxygens (including phenoxy) is 3. The van der Waals surface area contributed by atoms with Gasteiger partial charge in [0.25, 0.3) is 5.91 Å². The third kappa shape index (κ3) is 7.04. The number of carbonyl (C=O) groups is 3. The molecule has 1 aliphatic rings. The average Bonchev–Trinajstić information content (AvgIpc) is 3.64. The molecule has 1 aromatic carbocycles. The van der Waals surface area contributed by atoms with Gasteiger partial charge >= 0.3 is 0 Å². The van der Waals surface area contributed by atoms with E-state index in [-0.39, 0.29) is 50.6 Å². The van der Waals surface area contributed by atoms with Crippen LogP contribution in [0.3, 0.4) is 0 Å². The van der Waals surface area contributed by atoms with Crippen molar-refractivity contribution in [3.8, 4) is 28.8 Å². The lowest BCUT2D eigenvalue weighted by molar-refractivity contribution is -0.138. The molecule has 0 unspecified atom stereocenters. The molecule has 4 aromatic rings. The number of amides is 3. The molecule has 0 fully saturated rings. The molecule has 0 aliphatic carbocycles. The van der Waals surface area contributed by atoms with Crippen LogP contribution in [0.5, 0.6) is 17.4 Å². The zero-order valence-corrected chi connectivity index (χ0v) is 24.9. The molecule has 15 nitrogen and oxygen atoms in total. The van der Waals surface area contributed by atoms with E-state index in [0.717, 1.165) is 0 Å². The van der Waals surface area contributed by atoms with Crippen LogP contribution in [0.25, 0.3) is 17.1 Å². The summed E-state index contributed by atoms with van der Waals surface area (Å²) in [7, 11) is 1.54. The van der Waals surface area contributed by atoms with E-state index in [0.29, 0.717) is 46.5 Å². The lowest BCUT2D eigenvalue weighted by atomic mass is 10.0. The van der Waals surface area contributed by atoms with Crippen molar-refractivity contribution in [3.05, 3.63) is 48.1 Å². The first-order valence-electron chi connectivity index (χ1n) is 14.1. The maximum absolute atomic E-state index is 13.3. The Labute approximate surface area is 252 Å². The van der Waals surface area contributed by atoms with E-state index >= 15 is 0 Å². The minimum atomic E-state index is -0.839. The number of nitrogens with one attached hydrogen (secondary N) is 2. The fraction of sp³-hybridized carbons (Fsp3) is 0.414. The number of hydrogen-bond donors (Lipinski definition) is 2. The second-order valence-corrected chi connectivity index (χ2v) is 10.5. The topological polar surface area (TPSA) is 175 Å². The van der Waals surface area contributed by atoms with Gasteiger partial charge in [0.15, 0.2) is 23.8 Å². The quantitative estimate of drug-likeness (QED) is 0.337. The van der Waals surface area contributed by atoms with Crippen LogP contribution in [0, 0.1) is 12.8 Å². The van der Waals surface area contributed by atoms with E-state index in [1.165, 1.54) is 22.9 Å². The Kier molecular flexibility index (Phi) is 9.21. The molecule has 15 heteroatoms. The Morgan fingerprint density at radius 1 is 1.20 bits per heavy atom. The van der Waals surface area contributed by atoms with E-state index in [9.17, 15) is 14.4 Å². The first-order valence-corrected chi connectivity index (χ1v) is 14.1. The molecule has 0 radical (unpaired) electrons. The zero-order chi connectivity index (χ0) is 31.2. The van der Waals surface area contributed by atoms with Crippen LogP contribution in [0.15, 0.2) is 41.1 Å². The summed E-state index contributed by atoms with van der Waals surface area (Å²) in [5, 5.41) is 17.5. The molecule has 232 valence electrons. The summed E-state index contributed by atoms with van der Waals surface area (Å²) in [6, 6.07) is 7.70. The van der Waals surface area contributed by atoms with E-state index in [1.807, 2.05) is 13.8 Å². The van der Waals surface area contributed by atoms with Gasteiger partial charge in [-0.15, -0.1) is 15.3 Å². The summed E-state index contributed by atoms with van der Waals surface area (Å²) < 4.78 is 24.4. The molecule has 0 saturated carbocycles. The van der Waals surface area contributed by atoms with Crippen LogP contribution >= 0.6 is 0 Å². The lowest BCUT2D eigenvalue weighted by Gasteiger charge is -2.26. The van der Waals surface area contributed by atoms with Crippen molar-refractivity contribution in [2.45, 2.75) is 39.8 Å². The molecule has 5 rings (SSSR count). The Balaban J connectivity index is 1.36. The number of benzene rings is 1. The molecule has 0 spiro atoms. The smallest absolute Gasteiger partial charge is 0.261 e. The van der Waals surface area contributed by atoms with Gasteiger partial charge in [0, 0.05) is 18.2 Å². The van der Waals surface area contributed by atoms with Crippen molar-refractivity contribution >= 4 is 23.4 Å². The van der Waals surface area contributed by atoms with Gasteiger partial charge in [-0.05, 0) is 43.5 Å². The van der Waals surface area contributed by atoms with Crippen molar-refractivity contribution in [1.82, 2.24) is 40.3 Å². The summed E-state index contributed by atoms with van der Waals surface area (Å²) in [5.74, 6) is 0.538. The lowest BCUT2D eigenvalue weighted by Crippen LogP contribution is -2.52. The minimum Gasteiger partial charge on any atom is -0.493 e. The van der Waals surface area contributed by atoms with Crippen molar-refractivity contribution in [1.29, 1.82) is 0 Å². The van der Waals surface area contributed by atoms with Gasteiger partial charge in [-0.1, -0.05) is 13.8 Å². The number of fused-ring (bicyclic) bond motifs is 6. The highest BCUT2D eigenvalue weighted by molar-refractivity contribution is 5.90. The number of rotatable bonds is 5. The van der Waals surface area contributed by atoms with E-state index in [4.69, 9.17) is 18.6 Å². The van der Waals surface area contributed by atoms with Crippen LogP contribution in [-0.4, -0.2) is 86.9 Å². The van der Waals surface area contributed by atoms with Crippen molar-refractivity contribution in [2.75, 3.05) is 33.4 Å². The summed E-state index contributed by atoms with van der Waals surface area (Å²) in [6.07, 6.45) is 1.80. The summed E-state index contributed by atoms with van der Waals surface area (Å²) in [6.45, 7) is 5.25. The van der Waals surface area contributed by atoms with Gasteiger partial charge in [0.1, 0.15) is 23.8 Å². The van der Waals surface area contributed by atoms with E-state index in [1.54, 1.807) is 37.3 Å². The van der Waals surface area contributed by atoms with Crippen molar-refractivity contribution in [3.63, 3.8) is 0 Å². The second kappa shape index (κ2) is 13.4. The zero-order valence-electron chi connectivity index (χ0n) is 24.9. The fourth-order valence-corrected chi connectivity index (χ4v) is 4.59. The molecule has 3 aromatic heterocycles. The SMILES string of the molecule is COc1ccc2cc1OCCCN(C(=O)COc1ccc3nncn3n1)CC(=O)N[C@@H](C(C)C)C(=O)NCc1nc-2oc1C. The highest BCUT2D eigenvalue weighted by atomic mass is 16.5. The van der Waals surface area contributed by atoms with Gasteiger partial charge in [0.2, 0.25) is 23.6 Å². The third-order valence-electron chi connectivity index (χ3n) is 7.00. The fourth-order valence-electron chi connectivity index (χ4n) is 4.59. The number of methoxy groups -OCH3 is 1. The van der Waals surface area contributed by atoms with Gasteiger partial charge in [-0.2, -0.15) is 4.52 Å². The maximum atomic E-state index is 13.3. The number of hydrogen-bond acceptors (Lipinski definition) is 11. The predicted octanol–water partition coefficient (Wildman–Crippen LogP) is 1.54. The van der Waals surface area contributed by atoms with Crippen LogP contribution in [0.2, 0.25) is 0 Å². The number of aromatic nitrogens is 5. The minimum absolute atomic E-state index is 0.101.